The van der Waals surface area contributed by atoms with E-state index < -0.39 is 0 Å². The van der Waals surface area contributed by atoms with Crippen LogP contribution in [-0.2, 0) is 0 Å². The van der Waals surface area contributed by atoms with Crippen LogP contribution in [0.15, 0.2) is 18.2 Å². The quantitative estimate of drug-likeness (QED) is 0.878. The smallest absolute Gasteiger partial charge is 0.255 e. The molecule has 0 heterocycles. The molecule has 0 spiro atoms. The summed E-state index contributed by atoms with van der Waals surface area (Å²) < 4.78 is 5.75. The number of carbonyl (C=O) groups is 1. The summed E-state index contributed by atoms with van der Waals surface area (Å²) in [5, 5.41) is 9.35. The summed E-state index contributed by atoms with van der Waals surface area (Å²) in [6.45, 7) is 2.66. The van der Waals surface area contributed by atoms with E-state index in [0.29, 0.717) is 29.4 Å². The van der Waals surface area contributed by atoms with Crippen LogP contribution < -0.4 is 4.74 Å². The lowest BCUT2D eigenvalue weighted by atomic mass is 9.96. The third-order valence-electron chi connectivity index (χ3n) is 3.56. The lowest BCUT2D eigenvalue weighted by Crippen LogP contribution is -2.33. The molecular formula is C15H20ClNO3. The van der Waals surface area contributed by atoms with E-state index in [1.165, 1.54) is 6.42 Å². The van der Waals surface area contributed by atoms with Gasteiger partial charge in [-0.05, 0) is 44.4 Å². The molecule has 1 aromatic carbocycles. The molecule has 110 valence electrons. The van der Waals surface area contributed by atoms with Crippen molar-refractivity contribution in [1.29, 1.82) is 0 Å². The first-order valence-corrected chi connectivity index (χ1v) is 7.39. The highest BCUT2D eigenvalue weighted by atomic mass is 35.5. The molecule has 0 radical (unpaired) electrons. The number of nitrogens with zero attached hydrogens (tertiary/aromatic N) is 1. The van der Waals surface area contributed by atoms with Gasteiger partial charge in [0.05, 0.1) is 23.3 Å². The minimum Gasteiger partial charge on any atom is -0.490 e. The third kappa shape index (κ3) is 3.44. The molecule has 1 aromatic rings. The Kier molecular flexibility index (Phi) is 5.26. The first kappa shape index (κ1) is 15.1. The van der Waals surface area contributed by atoms with Gasteiger partial charge in [0.2, 0.25) is 0 Å². The predicted molar refractivity (Wildman–Crippen MR) is 78.4 cm³/mol. The zero-order valence-corrected chi connectivity index (χ0v) is 12.4. The summed E-state index contributed by atoms with van der Waals surface area (Å²) in [4.78, 5) is 13.8. The van der Waals surface area contributed by atoms with Gasteiger partial charge >= 0.3 is 0 Å². The molecule has 0 unspecified atom stereocenters. The average molecular weight is 298 g/mol. The van der Waals surface area contributed by atoms with E-state index in [0.717, 1.165) is 12.8 Å². The summed E-state index contributed by atoms with van der Waals surface area (Å²) in [7, 11) is 0. The molecule has 1 aliphatic rings. The van der Waals surface area contributed by atoms with Crippen molar-refractivity contribution in [2.75, 3.05) is 19.7 Å². The van der Waals surface area contributed by atoms with E-state index in [4.69, 9.17) is 21.4 Å². The topological polar surface area (TPSA) is 49.8 Å². The molecule has 0 aromatic heterocycles. The highest BCUT2D eigenvalue weighted by Gasteiger charge is 2.21. The van der Waals surface area contributed by atoms with Crippen molar-refractivity contribution in [2.45, 2.75) is 32.3 Å². The minimum absolute atomic E-state index is 0.0555. The molecule has 0 saturated heterocycles. The summed E-state index contributed by atoms with van der Waals surface area (Å²) in [6.07, 6.45) is 3.66. The highest BCUT2D eigenvalue weighted by molar-refractivity contribution is 6.34. The first-order valence-electron chi connectivity index (χ1n) is 7.02. The molecule has 1 aliphatic carbocycles. The Balaban J connectivity index is 2.09. The van der Waals surface area contributed by atoms with Crippen LogP contribution in [0.4, 0.5) is 0 Å². The van der Waals surface area contributed by atoms with Crippen LogP contribution in [0, 0.1) is 0 Å². The van der Waals surface area contributed by atoms with Crippen molar-refractivity contribution < 1.29 is 14.6 Å². The maximum Gasteiger partial charge on any atom is 0.255 e. The second-order valence-corrected chi connectivity index (χ2v) is 5.33. The maximum atomic E-state index is 12.3. The SMILES string of the molecule is CCN(CCO)C(=O)c1ccc(OC2CCC2)cc1Cl. The van der Waals surface area contributed by atoms with Crippen molar-refractivity contribution in [1.82, 2.24) is 4.90 Å². The van der Waals surface area contributed by atoms with E-state index in [1.54, 1.807) is 23.1 Å². The number of ether oxygens (including phenoxy) is 1. The second-order valence-electron chi connectivity index (χ2n) is 4.92. The van der Waals surface area contributed by atoms with Gasteiger partial charge in [0.1, 0.15) is 5.75 Å². The molecule has 20 heavy (non-hydrogen) atoms. The Morgan fingerprint density at radius 3 is 2.75 bits per heavy atom. The standard InChI is InChI=1S/C15H20ClNO3/c1-2-17(8-9-18)15(19)13-7-6-12(10-14(13)16)20-11-4-3-5-11/h6-7,10-11,18H,2-5,8-9H2,1H3. The maximum absolute atomic E-state index is 12.3. The molecule has 2 rings (SSSR count). The minimum atomic E-state index is -0.165. The number of likely N-dealkylation sites (N-methyl/N-ethyl adjacent to an activating group) is 1. The number of carbonyl (C=O) groups excluding carboxylic acids is 1. The monoisotopic (exact) mass is 297 g/mol. The van der Waals surface area contributed by atoms with Crippen LogP contribution in [0.5, 0.6) is 5.75 Å². The zero-order chi connectivity index (χ0) is 14.5. The van der Waals surface area contributed by atoms with Crippen molar-refractivity contribution >= 4 is 17.5 Å². The van der Waals surface area contributed by atoms with Gasteiger partial charge in [0.15, 0.2) is 0 Å². The van der Waals surface area contributed by atoms with Gasteiger partial charge in [0.25, 0.3) is 5.91 Å². The molecule has 1 fully saturated rings. The number of halogens is 1. The molecular weight excluding hydrogens is 278 g/mol. The van der Waals surface area contributed by atoms with Crippen molar-refractivity contribution in [3.63, 3.8) is 0 Å². The number of amides is 1. The van der Waals surface area contributed by atoms with Crippen LogP contribution >= 0.6 is 11.6 Å². The second kappa shape index (κ2) is 6.95. The lowest BCUT2D eigenvalue weighted by molar-refractivity contribution is 0.0732. The van der Waals surface area contributed by atoms with Crippen molar-refractivity contribution in [2.24, 2.45) is 0 Å². The molecule has 0 aliphatic heterocycles. The number of benzene rings is 1. The Bertz CT molecular complexity index is 474. The van der Waals surface area contributed by atoms with Gasteiger partial charge in [-0.25, -0.2) is 0 Å². The van der Waals surface area contributed by atoms with Crippen LogP contribution in [0.25, 0.3) is 0 Å². The van der Waals surface area contributed by atoms with Gasteiger partial charge in [-0.15, -0.1) is 0 Å². The van der Waals surface area contributed by atoms with Crippen molar-refractivity contribution in [3.8, 4) is 5.75 Å². The average Bonchev–Trinajstić information content (AvgIpc) is 2.39. The Morgan fingerprint density at radius 1 is 1.50 bits per heavy atom. The van der Waals surface area contributed by atoms with Gasteiger partial charge in [-0.3, -0.25) is 4.79 Å². The number of rotatable bonds is 6. The van der Waals surface area contributed by atoms with Gasteiger partial charge in [0, 0.05) is 13.1 Å². The third-order valence-corrected chi connectivity index (χ3v) is 3.88. The van der Waals surface area contributed by atoms with E-state index in [2.05, 4.69) is 0 Å². The number of aliphatic hydroxyl groups excluding tert-OH is 1. The van der Waals surface area contributed by atoms with Crippen LogP contribution in [0.1, 0.15) is 36.5 Å². The molecule has 0 atom stereocenters. The van der Waals surface area contributed by atoms with Gasteiger partial charge in [-0.2, -0.15) is 0 Å². The Labute approximate surface area is 124 Å². The molecule has 0 bridgehead atoms. The van der Waals surface area contributed by atoms with Gasteiger partial charge in [-0.1, -0.05) is 11.6 Å². The zero-order valence-electron chi connectivity index (χ0n) is 11.6. The fourth-order valence-electron chi connectivity index (χ4n) is 2.12. The fraction of sp³-hybridized carbons (Fsp3) is 0.533. The van der Waals surface area contributed by atoms with E-state index in [1.807, 2.05) is 6.92 Å². The predicted octanol–water partition coefficient (Wildman–Crippen LogP) is 2.73. The van der Waals surface area contributed by atoms with E-state index in [-0.39, 0.29) is 18.6 Å². The van der Waals surface area contributed by atoms with E-state index in [9.17, 15) is 4.79 Å². The molecule has 5 heteroatoms. The molecule has 1 N–H and O–H groups in total. The van der Waals surface area contributed by atoms with Crippen LogP contribution in [-0.4, -0.2) is 41.7 Å². The van der Waals surface area contributed by atoms with E-state index >= 15 is 0 Å². The summed E-state index contributed by atoms with van der Waals surface area (Å²) in [5.74, 6) is 0.545. The molecule has 4 nitrogen and oxygen atoms in total. The highest BCUT2D eigenvalue weighted by Crippen LogP contribution is 2.28. The largest absolute Gasteiger partial charge is 0.490 e. The van der Waals surface area contributed by atoms with Crippen LogP contribution in [0.2, 0.25) is 5.02 Å². The first-order chi connectivity index (χ1) is 9.65. The fourth-order valence-corrected chi connectivity index (χ4v) is 2.37. The summed E-state index contributed by atoms with van der Waals surface area (Å²) >= 11 is 6.18. The molecule has 1 saturated carbocycles. The lowest BCUT2D eigenvalue weighted by Gasteiger charge is -2.26. The van der Waals surface area contributed by atoms with Crippen LogP contribution in [0.3, 0.4) is 0 Å². The molecule has 1 amide bonds. The Morgan fingerprint density at radius 2 is 2.25 bits per heavy atom. The summed E-state index contributed by atoms with van der Waals surface area (Å²) in [5.41, 5.74) is 0.447. The van der Waals surface area contributed by atoms with Crippen molar-refractivity contribution in [3.05, 3.63) is 28.8 Å². The summed E-state index contributed by atoms with van der Waals surface area (Å²) in [6, 6.07) is 5.17. The number of hydrogen-bond acceptors (Lipinski definition) is 3. The number of aliphatic hydroxyl groups is 1. The number of hydrogen-bond donors (Lipinski definition) is 1. The normalized spacial score (nSPS) is 14.8. The van der Waals surface area contributed by atoms with Gasteiger partial charge < -0.3 is 14.7 Å². The Hall–Kier alpha value is -1.26.